The molecule has 0 aromatic carbocycles. The SMILES string of the molecule is CC(C)(C)c1cc(NC(=O)CN2CCCC2CN)on1. The zero-order chi connectivity index (χ0) is 14.8. The summed E-state index contributed by atoms with van der Waals surface area (Å²) in [5, 5.41) is 6.74. The molecule has 2 heterocycles. The number of anilines is 1. The minimum absolute atomic E-state index is 0.0815. The minimum atomic E-state index is -0.0912. The Morgan fingerprint density at radius 2 is 2.35 bits per heavy atom. The van der Waals surface area contributed by atoms with Gasteiger partial charge in [0.15, 0.2) is 0 Å². The molecule has 1 aromatic rings. The van der Waals surface area contributed by atoms with Crippen LogP contribution in [-0.4, -0.2) is 41.6 Å². The van der Waals surface area contributed by atoms with E-state index in [1.54, 1.807) is 6.07 Å². The predicted octanol–water partition coefficient (Wildman–Crippen LogP) is 1.33. The lowest BCUT2D eigenvalue weighted by atomic mass is 9.92. The predicted molar refractivity (Wildman–Crippen MR) is 77.5 cm³/mol. The van der Waals surface area contributed by atoms with E-state index >= 15 is 0 Å². The van der Waals surface area contributed by atoms with E-state index in [4.69, 9.17) is 10.3 Å². The molecule has 1 saturated heterocycles. The van der Waals surface area contributed by atoms with Crippen LogP contribution in [0.15, 0.2) is 10.6 Å². The minimum Gasteiger partial charge on any atom is -0.338 e. The van der Waals surface area contributed by atoms with Crippen molar-refractivity contribution >= 4 is 11.8 Å². The molecule has 0 spiro atoms. The van der Waals surface area contributed by atoms with E-state index < -0.39 is 0 Å². The van der Waals surface area contributed by atoms with Crippen molar-refractivity contribution in [3.05, 3.63) is 11.8 Å². The van der Waals surface area contributed by atoms with Crippen molar-refractivity contribution in [3.63, 3.8) is 0 Å². The molecule has 1 fully saturated rings. The van der Waals surface area contributed by atoms with Gasteiger partial charge in [0.1, 0.15) is 0 Å². The first-order chi connectivity index (χ1) is 9.40. The second-order valence-electron chi connectivity index (χ2n) is 6.38. The number of hydrogen-bond acceptors (Lipinski definition) is 5. The van der Waals surface area contributed by atoms with Gasteiger partial charge in [-0.05, 0) is 19.4 Å². The molecule has 0 saturated carbocycles. The first-order valence-electron chi connectivity index (χ1n) is 7.11. The van der Waals surface area contributed by atoms with Gasteiger partial charge in [-0.15, -0.1) is 0 Å². The highest BCUT2D eigenvalue weighted by Gasteiger charge is 2.25. The Morgan fingerprint density at radius 1 is 1.60 bits per heavy atom. The van der Waals surface area contributed by atoms with E-state index in [1.807, 2.05) is 20.8 Å². The summed E-state index contributed by atoms with van der Waals surface area (Å²) in [5.74, 6) is 0.324. The Bertz CT molecular complexity index is 464. The molecule has 0 aliphatic carbocycles. The highest BCUT2D eigenvalue weighted by atomic mass is 16.5. The van der Waals surface area contributed by atoms with Gasteiger partial charge in [0, 0.05) is 24.1 Å². The van der Waals surface area contributed by atoms with Crippen LogP contribution in [0.5, 0.6) is 0 Å². The van der Waals surface area contributed by atoms with Gasteiger partial charge in [-0.1, -0.05) is 25.9 Å². The molecule has 6 nitrogen and oxygen atoms in total. The van der Waals surface area contributed by atoms with Crippen LogP contribution in [0.3, 0.4) is 0 Å². The maximum atomic E-state index is 12.0. The van der Waals surface area contributed by atoms with Crippen LogP contribution in [-0.2, 0) is 10.2 Å². The summed E-state index contributed by atoms with van der Waals surface area (Å²) in [5.41, 5.74) is 6.44. The number of nitrogens with one attached hydrogen (secondary N) is 1. The molecule has 0 bridgehead atoms. The van der Waals surface area contributed by atoms with Gasteiger partial charge < -0.3 is 10.3 Å². The van der Waals surface area contributed by atoms with Crippen LogP contribution < -0.4 is 11.1 Å². The molecular formula is C14H24N4O2. The zero-order valence-corrected chi connectivity index (χ0v) is 12.5. The van der Waals surface area contributed by atoms with E-state index in [0.717, 1.165) is 25.1 Å². The molecule has 6 heteroatoms. The van der Waals surface area contributed by atoms with Gasteiger partial charge in [0.25, 0.3) is 0 Å². The molecule has 0 radical (unpaired) electrons. The van der Waals surface area contributed by atoms with Crippen LogP contribution in [0.25, 0.3) is 0 Å². The summed E-state index contributed by atoms with van der Waals surface area (Å²) in [6.07, 6.45) is 2.17. The third-order valence-electron chi connectivity index (χ3n) is 3.66. The number of amides is 1. The molecular weight excluding hydrogens is 256 g/mol. The Labute approximate surface area is 119 Å². The fourth-order valence-electron chi connectivity index (χ4n) is 2.42. The van der Waals surface area contributed by atoms with Crippen molar-refractivity contribution in [2.75, 3.05) is 25.0 Å². The molecule has 1 atom stereocenters. The summed E-state index contributed by atoms with van der Waals surface area (Å²) >= 11 is 0. The van der Waals surface area contributed by atoms with E-state index in [9.17, 15) is 4.79 Å². The monoisotopic (exact) mass is 280 g/mol. The highest BCUT2D eigenvalue weighted by Crippen LogP contribution is 2.23. The molecule has 1 aromatic heterocycles. The standard InChI is InChI=1S/C14H24N4O2/c1-14(2,3)11-7-13(20-17-11)16-12(19)9-18-6-4-5-10(18)8-15/h7,10H,4-6,8-9,15H2,1-3H3,(H,16,19). The highest BCUT2D eigenvalue weighted by molar-refractivity contribution is 5.91. The molecule has 2 rings (SSSR count). The second kappa shape index (κ2) is 5.93. The number of carbonyl (C=O) groups is 1. The van der Waals surface area contributed by atoms with Gasteiger partial charge in [-0.25, -0.2) is 0 Å². The molecule has 20 heavy (non-hydrogen) atoms. The number of nitrogens with zero attached hydrogens (tertiary/aromatic N) is 2. The summed E-state index contributed by atoms with van der Waals surface area (Å²) in [6.45, 7) is 8.03. The number of hydrogen-bond donors (Lipinski definition) is 2. The van der Waals surface area contributed by atoms with E-state index in [0.29, 0.717) is 25.0 Å². The smallest absolute Gasteiger partial charge is 0.240 e. The van der Waals surface area contributed by atoms with Gasteiger partial charge >= 0.3 is 0 Å². The third-order valence-corrected chi connectivity index (χ3v) is 3.66. The molecule has 1 unspecified atom stereocenters. The van der Waals surface area contributed by atoms with Crippen molar-refractivity contribution in [2.45, 2.75) is 45.1 Å². The van der Waals surface area contributed by atoms with Crippen LogP contribution in [0, 0.1) is 0 Å². The molecule has 1 aliphatic rings. The fourth-order valence-corrected chi connectivity index (χ4v) is 2.42. The topological polar surface area (TPSA) is 84.4 Å². The second-order valence-corrected chi connectivity index (χ2v) is 6.38. The average Bonchev–Trinajstić information content (AvgIpc) is 2.97. The van der Waals surface area contributed by atoms with Gasteiger partial charge in [-0.3, -0.25) is 15.0 Å². The van der Waals surface area contributed by atoms with Crippen LogP contribution in [0.2, 0.25) is 0 Å². The molecule has 1 amide bonds. The number of aromatic nitrogens is 1. The Morgan fingerprint density at radius 3 is 2.95 bits per heavy atom. The quantitative estimate of drug-likeness (QED) is 0.869. The van der Waals surface area contributed by atoms with Crippen LogP contribution in [0.1, 0.15) is 39.3 Å². The Hall–Kier alpha value is -1.40. The van der Waals surface area contributed by atoms with Crippen molar-refractivity contribution in [1.29, 1.82) is 0 Å². The summed E-state index contributed by atoms with van der Waals surface area (Å²) in [6, 6.07) is 2.10. The third kappa shape index (κ3) is 3.58. The number of rotatable bonds is 4. The van der Waals surface area contributed by atoms with Gasteiger partial charge in [-0.2, -0.15) is 0 Å². The van der Waals surface area contributed by atoms with Crippen LogP contribution >= 0.6 is 0 Å². The van der Waals surface area contributed by atoms with Crippen molar-refractivity contribution < 1.29 is 9.32 Å². The molecule has 112 valence electrons. The number of nitrogens with two attached hydrogens (primary N) is 1. The number of likely N-dealkylation sites (tertiary alicyclic amines) is 1. The van der Waals surface area contributed by atoms with Gasteiger partial charge in [0.05, 0.1) is 12.2 Å². The molecule has 3 N–H and O–H groups in total. The Kier molecular flexibility index (Phi) is 4.45. The normalized spacial score (nSPS) is 20.3. The fraction of sp³-hybridized carbons (Fsp3) is 0.714. The zero-order valence-electron chi connectivity index (χ0n) is 12.5. The van der Waals surface area contributed by atoms with Crippen LogP contribution in [0.4, 0.5) is 5.88 Å². The van der Waals surface area contributed by atoms with Gasteiger partial charge in [0.2, 0.25) is 11.8 Å². The largest absolute Gasteiger partial charge is 0.338 e. The Balaban J connectivity index is 1.90. The lowest BCUT2D eigenvalue weighted by Gasteiger charge is -2.21. The lowest BCUT2D eigenvalue weighted by Crippen LogP contribution is -2.40. The summed E-state index contributed by atoms with van der Waals surface area (Å²) in [4.78, 5) is 14.1. The van der Waals surface area contributed by atoms with E-state index in [-0.39, 0.29) is 11.3 Å². The lowest BCUT2D eigenvalue weighted by molar-refractivity contribution is -0.117. The summed E-state index contributed by atoms with van der Waals surface area (Å²) < 4.78 is 5.15. The summed E-state index contributed by atoms with van der Waals surface area (Å²) in [7, 11) is 0. The first-order valence-corrected chi connectivity index (χ1v) is 7.11. The number of carbonyl (C=O) groups excluding carboxylic acids is 1. The van der Waals surface area contributed by atoms with E-state index in [2.05, 4.69) is 15.4 Å². The maximum Gasteiger partial charge on any atom is 0.240 e. The maximum absolute atomic E-state index is 12.0. The van der Waals surface area contributed by atoms with Crippen molar-refractivity contribution in [2.24, 2.45) is 5.73 Å². The molecule has 1 aliphatic heterocycles. The average molecular weight is 280 g/mol. The van der Waals surface area contributed by atoms with Crippen molar-refractivity contribution in [1.82, 2.24) is 10.1 Å². The van der Waals surface area contributed by atoms with Crippen molar-refractivity contribution in [3.8, 4) is 0 Å². The first kappa shape index (κ1) is 15.0. The van der Waals surface area contributed by atoms with E-state index in [1.165, 1.54) is 0 Å².